The van der Waals surface area contributed by atoms with Crippen molar-refractivity contribution in [2.45, 2.75) is 18.6 Å². The van der Waals surface area contributed by atoms with Gasteiger partial charge in [-0.05, 0) is 48.9 Å². The molecular weight excluding hydrogens is 460 g/mol. The lowest BCUT2D eigenvalue weighted by atomic mass is 10.1. The van der Waals surface area contributed by atoms with Crippen molar-refractivity contribution in [3.8, 4) is 5.69 Å². The van der Waals surface area contributed by atoms with E-state index in [0.717, 1.165) is 11.3 Å². The molecule has 0 unspecified atom stereocenters. The number of hydrogen-bond acceptors (Lipinski definition) is 5. The molecule has 176 valence electrons. The number of benzene rings is 3. The first-order chi connectivity index (χ1) is 17.0. The van der Waals surface area contributed by atoms with E-state index in [4.69, 9.17) is 0 Å². The van der Waals surface area contributed by atoms with Gasteiger partial charge in [0.1, 0.15) is 0 Å². The van der Waals surface area contributed by atoms with Crippen LogP contribution in [0.2, 0.25) is 0 Å². The van der Waals surface area contributed by atoms with Crippen LogP contribution in [-0.2, 0) is 11.3 Å². The zero-order valence-electron chi connectivity index (χ0n) is 19.1. The summed E-state index contributed by atoms with van der Waals surface area (Å²) in [5.74, 6) is -0.250. The first kappa shape index (κ1) is 24.0. The van der Waals surface area contributed by atoms with Crippen LogP contribution in [0.5, 0.6) is 0 Å². The van der Waals surface area contributed by atoms with Crippen molar-refractivity contribution in [3.63, 3.8) is 0 Å². The normalized spacial score (nSPS) is 10.5. The second-order valence-electron chi connectivity index (χ2n) is 7.77. The number of amides is 2. The van der Waals surface area contributed by atoms with Gasteiger partial charge >= 0.3 is 0 Å². The van der Waals surface area contributed by atoms with Crippen molar-refractivity contribution in [1.29, 1.82) is 0 Å². The van der Waals surface area contributed by atoms with E-state index in [1.54, 1.807) is 48.8 Å². The number of ketones is 1. The summed E-state index contributed by atoms with van der Waals surface area (Å²) < 4.78 is 1.86. The molecule has 3 aromatic carbocycles. The molecule has 0 saturated carbocycles. The lowest BCUT2D eigenvalue weighted by molar-refractivity contribution is -0.113. The number of aromatic nitrogens is 2. The van der Waals surface area contributed by atoms with Crippen molar-refractivity contribution >= 4 is 35.0 Å². The molecule has 7 nitrogen and oxygen atoms in total. The molecule has 1 aromatic heterocycles. The maximum absolute atomic E-state index is 12.5. The number of hydrogen-bond donors (Lipinski definition) is 2. The topological polar surface area (TPSA) is 93.1 Å². The van der Waals surface area contributed by atoms with Crippen LogP contribution in [0.15, 0.2) is 96.4 Å². The highest BCUT2D eigenvalue weighted by atomic mass is 32.2. The van der Waals surface area contributed by atoms with Crippen LogP contribution in [0.4, 0.5) is 5.69 Å². The smallest absolute Gasteiger partial charge is 0.251 e. The largest absolute Gasteiger partial charge is 0.348 e. The molecule has 0 bridgehead atoms. The minimum absolute atomic E-state index is 0.0582. The monoisotopic (exact) mass is 484 g/mol. The van der Waals surface area contributed by atoms with Crippen LogP contribution in [0.25, 0.3) is 5.69 Å². The van der Waals surface area contributed by atoms with Gasteiger partial charge in [-0.15, -0.1) is 0 Å². The van der Waals surface area contributed by atoms with E-state index in [-0.39, 0.29) is 23.4 Å². The van der Waals surface area contributed by atoms with Crippen LogP contribution in [0, 0.1) is 0 Å². The molecule has 2 amide bonds. The third-order valence-corrected chi connectivity index (χ3v) is 6.16. The number of rotatable bonds is 9. The average molecular weight is 485 g/mol. The van der Waals surface area contributed by atoms with E-state index in [9.17, 15) is 14.4 Å². The molecule has 4 aromatic rings. The van der Waals surface area contributed by atoms with Crippen molar-refractivity contribution in [1.82, 2.24) is 14.9 Å². The van der Waals surface area contributed by atoms with Crippen molar-refractivity contribution in [2.24, 2.45) is 0 Å². The Hall–Kier alpha value is -4.17. The Kier molecular flexibility index (Phi) is 7.74. The Morgan fingerprint density at radius 3 is 2.43 bits per heavy atom. The second kappa shape index (κ2) is 11.3. The van der Waals surface area contributed by atoms with E-state index in [0.29, 0.717) is 28.5 Å². The zero-order valence-corrected chi connectivity index (χ0v) is 19.9. The summed E-state index contributed by atoms with van der Waals surface area (Å²) in [5.41, 5.74) is 3.55. The third-order valence-electron chi connectivity index (χ3n) is 5.20. The fourth-order valence-corrected chi connectivity index (χ4v) is 4.16. The highest BCUT2D eigenvalue weighted by Crippen LogP contribution is 2.21. The van der Waals surface area contributed by atoms with Gasteiger partial charge in [0.2, 0.25) is 5.91 Å². The highest BCUT2D eigenvalue weighted by molar-refractivity contribution is 7.99. The predicted molar refractivity (Wildman–Crippen MR) is 137 cm³/mol. The van der Waals surface area contributed by atoms with Crippen LogP contribution in [-0.4, -0.2) is 32.9 Å². The Labute approximate surface area is 207 Å². The molecule has 1 heterocycles. The van der Waals surface area contributed by atoms with E-state index < -0.39 is 0 Å². The predicted octanol–water partition coefficient (Wildman–Crippen LogP) is 4.74. The second-order valence-corrected chi connectivity index (χ2v) is 8.71. The van der Waals surface area contributed by atoms with E-state index in [1.807, 2.05) is 47.0 Å². The Balaban J connectivity index is 1.34. The number of thioether (sulfide) groups is 1. The third kappa shape index (κ3) is 6.45. The fraction of sp³-hybridized carbons (Fsp3) is 0.111. The molecule has 4 rings (SSSR count). The van der Waals surface area contributed by atoms with Gasteiger partial charge in [0, 0.05) is 41.4 Å². The van der Waals surface area contributed by atoms with Crippen LogP contribution < -0.4 is 10.6 Å². The Bertz CT molecular complexity index is 1330. The Morgan fingerprint density at radius 2 is 1.69 bits per heavy atom. The van der Waals surface area contributed by atoms with E-state index in [1.165, 1.54) is 18.7 Å². The van der Waals surface area contributed by atoms with Crippen LogP contribution in [0.3, 0.4) is 0 Å². The summed E-state index contributed by atoms with van der Waals surface area (Å²) in [6.07, 6.45) is 3.47. The zero-order chi connectivity index (χ0) is 24.6. The Morgan fingerprint density at radius 1 is 0.914 bits per heavy atom. The van der Waals surface area contributed by atoms with Crippen molar-refractivity contribution < 1.29 is 14.4 Å². The van der Waals surface area contributed by atoms with Gasteiger partial charge in [0.15, 0.2) is 10.9 Å². The molecular formula is C27H24N4O3S. The maximum atomic E-state index is 12.5. The maximum Gasteiger partial charge on any atom is 0.251 e. The molecule has 0 radical (unpaired) electrons. The molecule has 0 aliphatic heterocycles. The van der Waals surface area contributed by atoms with Crippen molar-refractivity contribution in [3.05, 3.63) is 108 Å². The number of Topliss-reactive ketones (excluding diaryl/α,β-unsaturated/α-hetero) is 1. The molecule has 35 heavy (non-hydrogen) atoms. The summed E-state index contributed by atoms with van der Waals surface area (Å²) in [6, 6.07) is 23.8. The molecule has 0 aliphatic rings. The molecule has 0 saturated heterocycles. The van der Waals surface area contributed by atoms with Gasteiger partial charge in [0.25, 0.3) is 5.91 Å². The van der Waals surface area contributed by atoms with Crippen molar-refractivity contribution in [2.75, 3.05) is 11.1 Å². The summed E-state index contributed by atoms with van der Waals surface area (Å²) >= 11 is 1.30. The molecule has 2 N–H and O–H groups in total. The van der Waals surface area contributed by atoms with Gasteiger partial charge in [-0.1, -0.05) is 54.2 Å². The molecule has 0 atom stereocenters. The molecule has 0 spiro atoms. The summed E-state index contributed by atoms with van der Waals surface area (Å²) in [6.45, 7) is 1.95. The lowest BCUT2D eigenvalue weighted by Crippen LogP contribution is -2.22. The van der Waals surface area contributed by atoms with Crippen LogP contribution in [0.1, 0.15) is 33.2 Å². The summed E-state index contributed by atoms with van der Waals surface area (Å²) in [5, 5.41) is 6.38. The minimum Gasteiger partial charge on any atom is -0.348 e. The number of carbonyl (C=O) groups excluding carboxylic acids is 3. The molecule has 0 fully saturated rings. The van der Waals surface area contributed by atoms with Gasteiger partial charge < -0.3 is 10.6 Å². The number of imidazole rings is 1. The minimum atomic E-state index is -0.198. The van der Waals surface area contributed by atoms with E-state index >= 15 is 0 Å². The van der Waals surface area contributed by atoms with E-state index in [2.05, 4.69) is 15.6 Å². The lowest BCUT2D eigenvalue weighted by Gasteiger charge is -2.10. The highest BCUT2D eigenvalue weighted by Gasteiger charge is 2.11. The van der Waals surface area contributed by atoms with Gasteiger partial charge in [-0.3, -0.25) is 19.0 Å². The van der Waals surface area contributed by atoms with Gasteiger partial charge in [-0.25, -0.2) is 4.98 Å². The number of nitrogens with zero attached hydrogens (tertiary/aromatic N) is 2. The number of anilines is 1. The number of nitrogens with one attached hydrogen (secondary N) is 2. The van der Waals surface area contributed by atoms with Gasteiger partial charge in [0.05, 0.1) is 5.75 Å². The average Bonchev–Trinajstić information content (AvgIpc) is 3.35. The molecule has 8 heteroatoms. The summed E-state index contributed by atoms with van der Waals surface area (Å²) in [4.78, 5) is 40.8. The number of carbonyl (C=O) groups is 3. The first-order valence-corrected chi connectivity index (χ1v) is 12.0. The summed E-state index contributed by atoms with van der Waals surface area (Å²) in [7, 11) is 0. The SMILES string of the molecule is CC(=O)c1cccc(NC(=O)CSc2nccn2-c2ccc(C(=O)NCc3ccccc3)cc2)c1. The fourth-order valence-electron chi connectivity index (χ4n) is 3.39. The van der Waals surface area contributed by atoms with Gasteiger partial charge in [-0.2, -0.15) is 0 Å². The molecule has 0 aliphatic carbocycles. The standard InChI is InChI=1S/C27H24N4O3S/c1-19(32)22-8-5-9-23(16-22)30-25(33)18-35-27-28-14-15-31(27)24-12-10-21(11-13-24)26(34)29-17-20-6-3-2-4-7-20/h2-16H,17-18H2,1H3,(H,29,34)(H,30,33). The van der Waals surface area contributed by atoms with Crippen LogP contribution >= 0.6 is 11.8 Å². The first-order valence-electron chi connectivity index (χ1n) is 11.0. The quantitative estimate of drug-likeness (QED) is 0.265.